The summed E-state index contributed by atoms with van der Waals surface area (Å²) in [5.41, 5.74) is 5.21. The Kier molecular flexibility index (Phi) is 10.3. The predicted molar refractivity (Wildman–Crippen MR) is 210 cm³/mol. The van der Waals surface area contributed by atoms with E-state index in [4.69, 9.17) is 9.97 Å². The Morgan fingerprint density at radius 1 is 0.600 bits per heavy atom. The van der Waals surface area contributed by atoms with Gasteiger partial charge in [-0.2, -0.15) is 0 Å². The van der Waals surface area contributed by atoms with Crippen molar-refractivity contribution in [3.63, 3.8) is 0 Å². The van der Waals surface area contributed by atoms with Crippen molar-refractivity contribution in [3.8, 4) is 22.3 Å². The molecule has 2 atom stereocenters. The summed E-state index contributed by atoms with van der Waals surface area (Å²) in [6, 6.07) is 19.1. The third-order valence-electron chi connectivity index (χ3n) is 9.00. The van der Waals surface area contributed by atoms with Crippen molar-refractivity contribution in [2.24, 2.45) is 0 Å². The SMILES string of the molecule is CNc1nc2sc(NC)c(NC)c2c(-c2ccccc2)c1C(CF)C(=O)C(CF)c1c(NC)nc2sc(NC)c(NC)c2c1-c1ccccc1. The first-order valence-electron chi connectivity index (χ1n) is 16.2. The van der Waals surface area contributed by atoms with Crippen molar-refractivity contribution in [1.82, 2.24) is 9.97 Å². The summed E-state index contributed by atoms with van der Waals surface area (Å²) in [6.45, 7) is -2.13. The normalized spacial score (nSPS) is 12.5. The molecular weight excluding hydrogens is 675 g/mol. The number of nitrogens with one attached hydrogen (secondary N) is 6. The van der Waals surface area contributed by atoms with Crippen molar-refractivity contribution >= 4 is 81.9 Å². The number of rotatable bonds is 14. The molecule has 4 heterocycles. The molecule has 0 saturated carbocycles. The van der Waals surface area contributed by atoms with Crippen molar-refractivity contribution in [3.05, 3.63) is 71.8 Å². The number of nitrogens with zero attached hydrogens (tertiary/aromatic N) is 2. The smallest absolute Gasteiger partial charge is 0.153 e. The number of ketones is 1. The zero-order chi connectivity index (χ0) is 35.5. The summed E-state index contributed by atoms with van der Waals surface area (Å²) >= 11 is 2.91. The first kappa shape index (κ1) is 34.8. The van der Waals surface area contributed by atoms with E-state index in [0.717, 1.165) is 43.3 Å². The summed E-state index contributed by atoms with van der Waals surface area (Å²) in [5, 5.41) is 22.5. The second-order valence-electron chi connectivity index (χ2n) is 11.5. The van der Waals surface area contributed by atoms with Crippen molar-refractivity contribution in [2.75, 3.05) is 87.5 Å². The Morgan fingerprint density at radius 3 is 1.28 bits per heavy atom. The molecule has 0 spiro atoms. The molecule has 2 unspecified atom stereocenters. The molecule has 260 valence electrons. The average Bonchev–Trinajstić information content (AvgIpc) is 3.72. The Labute approximate surface area is 297 Å². The van der Waals surface area contributed by atoms with Gasteiger partial charge >= 0.3 is 0 Å². The van der Waals surface area contributed by atoms with Crippen molar-refractivity contribution in [1.29, 1.82) is 0 Å². The molecule has 6 aromatic rings. The number of halogens is 2. The topological polar surface area (TPSA) is 115 Å². The molecule has 0 radical (unpaired) electrons. The minimum absolute atomic E-state index is 0.358. The van der Waals surface area contributed by atoms with Gasteiger partial charge in [0, 0.05) is 75.3 Å². The molecule has 0 aliphatic heterocycles. The van der Waals surface area contributed by atoms with Gasteiger partial charge in [-0.3, -0.25) is 4.79 Å². The number of benzene rings is 2. The number of alkyl halides is 2. The molecule has 4 aromatic heterocycles. The van der Waals surface area contributed by atoms with Crippen LogP contribution in [0.2, 0.25) is 0 Å². The molecule has 0 amide bonds. The van der Waals surface area contributed by atoms with Crippen LogP contribution in [0.5, 0.6) is 0 Å². The van der Waals surface area contributed by atoms with Crippen LogP contribution in [0.3, 0.4) is 0 Å². The number of aromatic nitrogens is 2. The third kappa shape index (κ3) is 5.73. The van der Waals surface area contributed by atoms with Crippen molar-refractivity contribution in [2.45, 2.75) is 11.8 Å². The predicted octanol–water partition coefficient (Wildman–Crippen LogP) is 8.87. The van der Waals surface area contributed by atoms with Crippen molar-refractivity contribution < 1.29 is 13.6 Å². The maximum absolute atomic E-state index is 15.8. The number of Topliss-reactive ketones (excluding diaryl/α,β-unsaturated/α-hetero) is 1. The molecule has 0 fully saturated rings. The van der Waals surface area contributed by atoms with Crippen LogP contribution in [0, 0.1) is 0 Å². The quantitative estimate of drug-likeness (QED) is 0.0659. The van der Waals surface area contributed by atoms with E-state index in [1.807, 2.05) is 88.9 Å². The van der Waals surface area contributed by atoms with E-state index in [1.54, 1.807) is 14.1 Å². The third-order valence-corrected chi connectivity index (χ3v) is 11.2. The second kappa shape index (κ2) is 14.9. The van der Waals surface area contributed by atoms with Crippen LogP contribution >= 0.6 is 22.7 Å². The fourth-order valence-corrected chi connectivity index (χ4v) is 8.91. The lowest BCUT2D eigenvalue weighted by Crippen LogP contribution is -2.27. The fraction of sp³-hybridized carbons (Fsp3) is 0.270. The number of hydrogen-bond donors (Lipinski definition) is 6. The Hall–Kier alpha value is -5.01. The maximum atomic E-state index is 15.8. The summed E-state index contributed by atoms with van der Waals surface area (Å²) in [5.74, 6) is -2.62. The molecule has 6 N–H and O–H groups in total. The first-order valence-corrected chi connectivity index (χ1v) is 17.9. The van der Waals surface area contributed by atoms with Gasteiger partial charge in [0.1, 0.15) is 44.6 Å². The van der Waals surface area contributed by atoms with E-state index in [-0.39, 0.29) is 0 Å². The van der Waals surface area contributed by atoms with Crippen LogP contribution in [-0.4, -0.2) is 71.4 Å². The number of fused-ring (bicyclic) bond motifs is 2. The minimum atomic E-state index is -1.36. The van der Waals surface area contributed by atoms with E-state index in [0.29, 0.717) is 43.6 Å². The molecule has 9 nitrogen and oxygen atoms in total. The highest BCUT2D eigenvalue weighted by atomic mass is 32.1. The van der Waals surface area contributed by atoms with Gasteiger partial charge in [-0.25, -0.2) is 18.7 Å². The number of thiophene rings is 2. The number of hydrogen-bond acceptors (Lipinski definition) is 11. The summed E-state index contributed by atoms with van der Waals surface area (Å²) < 4.78 is 31.7. The zero-order valence-electron chi connectivity index (χ0n) is 28.7. The molecule has 0 bridgehead atoms. The lowest BCUT2D eigenvalue weighted by atomic mass is 9.79. The van der Waals surface area contributed by atoms with Gasteiger partial charge in [0.2, 0.25) is 0 Å². The van der Waals surface area contributed by atoms with Crippen LogP contribution in [0.4, 0.5) is 41.8 Å². The summed E-state index contributed by atoms with van der Waals surface area (Å²) in [4.78, 5) is 26.3. The van der Waals surface area contributed by atoms with Gasteiger partial charge in [-0.05, 0) is 11.1 Å². The number of carbonyl (C=O) groups excluding carboxylic acids is 1. The monoisotopic (exact) mass is 714 g/mol. The van der Waals surface area contributed by atoms with Gasteiger partial charge in [0.05, 0.1) is 23.2 Å². The van der Waals surface area contributed by atoms with E-state index >= 15 is 13.6 Å². The van der Waals surface area contributed by atoms with E-state index in [2.05, 4.69) is 31.9 Å². The van der Waals surface area contributed by atoms with E-state index in [1.165, 1.54) is 22.7 Å². The lowest BCUT2D eigenvalue weighted by Gasteiger charge is -2.27. The highest BCUT2D eigenvalue weighted by Gasteiger charge is 2.38. The standard InChI is InChI=1S/C37H40F2N8OS2/c1-40-29-27-23(19-13-9-7-10-14-19)25(32(42-3)46-34(27)49-36(29)44-5)21(17-38)31(48)22(18-39)26-24(20-15-11-8-12-16-20)28-30(41-2)37(45-6)50-35(28)47-33(26)43-4/h7-16,21-22,40-41,44-45H,17-18H2,1-6H3,(H,42,46)(H,43,47). The van der Waals surface area contributed by atoms with Gasteiger partial charge in [-0.1, -0.05) is 83.3 Å². The zero-order valence-corrected chi connectivity index (χ0v) is 30.4. The lowest BCUT2D eigenvalue weighted by molar-refractivity contribution is -0.122. The number of pyridine rings is 2. The summed E-state index contributed by atoms with van der Waals surface area (Å²) in [7, 11) is 10.7. The Morgan fingerprint density at radius 2 is 0.980 bits per heavy atom. The summed E-state index contributed by atoms with van der Waals surface area (Å²) in [6.07, 6.45) is 0. The second-order valence-corrected chi connectivity index (χ2v) is 13.5. The molecular formula is C37H40F2N8OS2. The van der Waals surface area contributed by atoms with Gasteiger partial charge in [-0.15, -0.1) is 0 Å². The molecule has 50 heavy (non-hydrogen) atoms. The molecule has 0 saturated heterocycles. The minimum Gasteiger partial charge on any atom is -0.385 e. The molecule has 13 heteroatoms. The van der Waals surface area contributed by atoms with Crippen LogP contribution in [0.1, 0.15) is 23.0 Å². The van der Waals surface area contributed by atoms with Crippen LogP contribution < -0.4 is 31.9 Å². The highest BCUT2D eigenvalue weighted by Crippen LogP contribution is 2.52. The van der Waals surface area contributed by atoms with Crippen LogP contribution in [0.15, 0.2) is 60.7 Å². The maximum Gasteiger partial charge on any atom is 0.153 e. The number of carbonyl (C=O) groups is 1. The molecule has 0 aliphatic rings. The largest absolute Gasteiger partial charge is 0.385 e. The van der Waals surface area contributed by atoms with Gasteiger partial charge < -0.3 is 31.9 Å². The van der Waals surface area contributed by atoms with Crippen LogP contribution in [0.25, 0.3) is 42.7 Å². The molecule has 2 aromatic carbocycles. The average molecular weight is 715 g/mol. The van der Waals surface area contributed by atoms with E-state index in [9.17, 15) is 0 Å². The van der Waals surface area contributed by atoms with Gasteiger partial charge in [0.25, 0.3) is 0 Å². The van der Waals surface area contributed by atoms with E-state index < -0.39 is 31.0 Å². The Balaban J connectivity index is 1.67. The first-order chi connectivity index (χ1) is 24.4. The van der Waals surface area contributed by atoms with Crippen LogP contribution in [-0.2, 0) is 4.79 Å². The van der Waals surface area contributed by atoms with Gasteiger partial charge in [0.15, 0.2) is 5.78 Å². The number of anilines is 6. The highest BCUT2D eigenvalue weighted by molar-refractivity contribution is 7.23. The Bertz CT molecular complexity index is 2000. The molecule has 6 rings (SSSR count). The fourth-order valence-electron chi connectivity index (χ4n) is 6.82. The molecule has 0 aliphatic carbocycles.